The summed E-state index contributed by atoms with van der Waals surface area (Å²) in [5.41, 5.74) is 2.72. The molecule has 1 aromatic rings. The number of nitrogens with one attached hydrogen (secondary N) is 1. The number of aryl methyl sites for hydroxylation is 1. The molecule has 3 amide bonds. The predicted octanol–water partition coefficient (Wildman–Crippen LogP) is 2.43. The van der Waals surface area contributed by atoms with E-state index in [1.807, 2.05) is 12.1 Å². The van der Waals surface area contributed by atoms with Crippen LogP contribution in [-0.2, 0) is 17.6 Å². The lowest BCUT2D eigenvalue weighted by atomic mass is 9.91. The second-order valence-electron chi connectivity index (χ2n) is 6.85. The quantitative estimate of drug-likeness (QED) is 0.803. The van der Waals surface area contributed by atoms with Gasteiger partial charge in [0.2, 0.25) is 0 Å². The molecule has 0 atom stereocenters. The molecule has 7 heteroatoms. The molecule has 0 saturated carbocycles. The molecule has 1 aliphatic heterocycles. The summed E-state index contributed by atoms with van der Waals surface area (Å²) in [5.74, 6) is 0.949. The standard InChI is InChI=1S/C20H29N3O4/c1-2-26-20(25)23-13-11-22(12-14-23)19(24)21-10-15-27-18-9-5-7-16-6-3-4-8-17(16)18/h5,7,9H,2-4,6,8,10-15H2,1H3,(H,21,24). The van der Waals surface area contributed by atoms with Crippen LogP contribution in [0.25, 0.3) is 0 Å². The molecule has 3 rings (SSSR count). The zero-order valence-corrected chi connectivity index (χ0v) is 16.0. The largest absolute Gasteiger partial charge is 0.491 e. The van der Waals surface area contributed by atoms with Crippen molar-refractivity contribution >= 4 is 12.1 Å². The summed E-state index contributed by atoms with van der Waals surface area (Å²) >= 11 is 0. The average molecular weight is 375 g/mol. The number of carbonyl (C=O) groups is 2. The summed E-state index contributed by atoms with van der Waals surface area (Å²) < 4.78 is 10.9. The number of ether oxygens (including phenoxy) is 2. The number of piperazine rings is 1. The summed E-state index contributed by atoms with van der Waals surface area (Å²) in [6.07, 6.45) is 4.35. The normalized spacial score (nSPS) is 16.5. The van der Waals surface area contributed by atoms with Gasteiger partial charge in [-0.15, -0.1) is 0 Å². The van der Waals surface area contributed by atoms with Crippen LogP contribution in [-0.4, -0.2) is 67.9 Å². The van der Waals surface area contributed by atoms with E-state index in [0.717, 1.165) is 18.6 Å². The Kier molecular flexibility index (Phi) is 6.79. The van der Waals surface area contributed by atoms with Crippen molar-refractivity contribution < 1.29 is 19.1 Å². The van der Waals surface area contributed by atoms with Gasteiger partial charge < -0.3 is 24.6 Å². The molecule has 0 spiro atoms. The maximum absolute atomic E-state index is 12.3. The first-order valence-corrected chi connectivity index (χ1v) is 9.87. The third-order valence-electron chi connectivity index (χ3n) is 5.08. The van der Waals surface area contributed by atoms with Gasteiger partial charge in [-0.1, -0.05) is 12.1 Å². The van der Waals surface area contributed by atoms with Crippen molar-refractivity contribution in [2.24, 2.45) is 0 Å². The first-order chi connectivity index (χ1) is 13.2. The van der Waals surface area contributed by atoms with Gasteiger partial charge in [0.1, 0.15) is 12.4 Å². The van der Waals surface area contributed by atoms with E-state index in [2.05, 4.69) is 11.4 Å². The van der Waals surface area contributed by atoms with Crippen molar-refractivity contribution in [1.29, 1.82) is 0 Å². The molecular formula is C20H29N3O4. The van der Waals surface area contributed by atoms with E-state index < -0.39 is 0 Å². The van der Waals surface area contributed by atoms with E-state index in [4.69, 9.17) is 9.47 Å². The van der Waals surface area contributed by atoms with Crippen LogP contribution in [0, 0.1) is 0 Å². The van der Waals surface area contributed by atoms with E-state index in [9.17, 15) is 9.59 Å². The van der Waals surface area contributed by atoms with Crippen LogP contribution in [0.3, 0.4) is 0 Å². The minimum Gasteiger partial charge on any atom is -0.491 e. The number of rotatable bonds is 5. The average Bonchev–Trinajstić information content (AvgIpc) is 2.71. The number of fused-ring (bicyclic) bond motifs is 1. The molecule has 1 aromatic carbocycles. The minimum absolute atomic E-state index is 0.114. The minimum atomic E-state index is -0.308. The lowest BCUT2D eigenvalue weighted by Crippen LogP contribution is -2.53. The lowest BCUT2D eigenvalue weighted by Gasteiger charge is -2.34. The molecule has 7 nitrogen and oxygen atoms in total. The zero-order valence-electron chi connectivity index (χ0n) is 16.0. The Bertz CT molecular complexity index is 657. The molecule has 1 heterocycles. The van der Waals surface area contributed by atoms with Crippen molar-refractivity contribution in [2.45, 2.75) is 32.6 Å². The van der Waals surface area contributed by atoms with Crippen LogP contribution in [0.5, 0.6) is 5.75 Å². The molecule has 2 aliphatic rings. The van der Waals surface area contributed by atoms with Crippen molar-refractivity contribution in [3.05, 3.63) is 29.3 Å². The summed E-state index contributed by atoms with van der Waals surface area (Å²) in [4.78, 5) is 27.3. The van der Waals surface area contributed by atoms with Gasteiger partial charge in [-0.05, 0) is 49.8 Å². The number of benzene rings is 1. The monoisotopic (exact) mass is 375 g/mol. The third-order valence-corrected chi connectivity index (χ3v) is 5.08. The highest BCUT2D eigenvalue weighted by Gasteiger charge is 2.24. The molecule has 1 aliphatic carbocycles. The van der Waals surface area contributed by atoms with Gasteiger partial charge in [-0.2, -0.15) is 0 Å². The summed E-state index contributed by atoms with van der Waals surface area (Å²) in [7, 11) is 0. The Balaban J connectivity index is 1.38. The Morgan fingerprint density at radius 3 is 2.59 bits per heavy atom. The van der Waals surface area contributed by atoms with Crippen LogP contribution < -0.4 is 10.1 Å². The smallest absolute Gasteiger partial charge is 0.409 e. The Labute approximate surface area is 160 Å². The van der Waals surface area contributed by atoms with E-state index in [0.29, 0.717) is 45.9 Å². The van der Waals surface area contributed by atoms with Crippen molar-refractivity contribution in [3.63, 3.8) is 0 Å². The van der Waals surface area contributed by atoms with Crippen molar-refractivity contribution in [1.82, 2.24) is 15.1 Å². The summed E-state index contributed by atoms with van der Waals surface area (Å²) in [5, 5.41) is 2.90. The fourth-order valence-electron chi connectivity index (χ4n) is 3.62. The van der Waals surface area contributed by atoms with Gasteiger partial charge >= 0.3 is 12.1 Å². The molecule has 27 heavy (non-hydrogen) atoms. The fraction of sp³-hybridized carbons (Fsp3) is 0.600. The number of amides is 3. The highest BCUT2D eigenvalue weighted by atomic mass is 16.6. The number of hydrogen-bond donors (Lipinski definition) is 1. The van der Waals surface area contributed by atoms with E-state index in [1.165, 1.54) is 24.0 Å². The Morgan fingerprint density at radius 1 is 1.07 bits per heavy atom. The van der Waals surface area contributed by atoms with Gasteiger partial charge in [0.25, 0.3) is 0 Å². The molecule has 1 saturated heterocycles. The Morgan fingerprint density at radius 2 is 1.81 bits per heavy atom. The molecule has 0 radical (unpaired) electrons. The number of carbonyl (C=O) groups excluding carboxylic acids is 2. The zero-order chi connectivity index (χ0) is 19.1. The summed E-state index contributed by atoms with van der Waals surface area (Å²) in [6.45, 7) is 5.08. The first kappa shape index (κ1) is 19.3. The molecule has 0 bridgehead atoms. The third kappa shape index (κ3) is 5.05. The van der Waals surface area contributed by atoms with Gasteiger partial charge in [0.15, 0.2) is 0 Å². The van der Waals surface area contributed by atoms with Gasteiger partial charge in [-0.25, -0.2) is 9.59 Å². The topological polar surface area (TPSA) is 71.1 Å². The number of nitrogens with zero attached hydrogens (tertiary/aromatic N) is 2. The van der Waals surface area contributed by atoms with Crippen LogP contribution >= 0.6 is 0 Å². The van der Waals surface area contributed by atoms with E-state index in [1.54, 1.807) is 16.7 Å². The van der Waals surface area contributed by atoms with Gasteiger partial charge in [-0.3, -0.25) is 0 Å². The molecule has 1 N–H and O–H groups in total. The fourth-order valence-corrected chi connectivity index (χ4v) is 3.62. The van der Waals surface area contributed by atoms with E-state index in [-0.39, 0.29) is 12.1 Å². The van der Waals surface area contributed by atoms with Gasteiger partial charge in [0, 0.05) is 26.2 Å². The maximum Gasteiger partial charge on any atom is 0.409 e. The second-order valence-corrected chi connectivity index (χ2v) is 6.85. The molecule has 0 aromatic heterocycles. The van der Waals surface area contributed by atoms with Crippen molar-refractivity contribution in [3.8, 4) is 5.75 Å². The molecule has 1 fully saturated rings. The van der Waals surface area contributed by atoms with Crippen LogP contribution in [0.15, 0.2) is 18.2 Å². The van der Waals surface area contributed by atoms with Gasteiger partial charge in [0.05, 0.1) is 13.2 Å². The highest BCUT2D eigenvalue weighted by Crippen LogP contribution is 2.29. The molecule has 0 unspecified atom stereocenters. The number of urea groups is 1. The second kappa shape index (κ2) is 9.48. The lowest BCUT2D eigenvalue weighted by molar-refractivity contribution is 0.0851. The van der Waals surface area contributed by atoms with Crippen LogP contribution in [0.2, 0.25) is 0 Å². The predicted molar refractivity (Wildman–Crippen MR) is 102 cm³/mol. The SMILES string of the molecule is CCOC(=O)N1CCN(C(=O)NCCOc2cccc3c2CCCC3)CC1. The molecular weight excluding hydrogens is 346 g/mol. The molecule has 148 valence electrons. The van der Waals surface area contributed by atoms with Crippen LogP contribution in [0.1, 0.15) is 30.9 Å². The maximum atomic E-state index is 12.3. The number of hydrogen-bond acceptors (Lipinski definition) is 4. The Hall–Kier alpha value is -2.44. The van der Waals surface area contributed by atoms with Crippen LogP contribution in [0.4, 0.5) is 9.59 Å². The first-order valence-electron chi connectivity index (χ1n) is 9.87. The summed E-state index contributed by atoms with van der Waals surface area (Å²) in [6, 6.07) is 6.12. The van der Waals surface area contributed by atoms with E-state index >= 15 is 0 Å². The highest BCUT2D eigenvalue weighted by molar-refractivity contribution is 5.75. The van der Waals surface area contributed by atoms with Crippen molar-refractivity contribution in [2.75, 3.05) is 45.9 Å².